The van der Waals surface area contributed by atoms with Crippen LogP contribution < -0.4 is 5.32 Å². The predicted molar refractivity (Wildman–Crippen MR) is 97.4 cm³/mol. The summed E-state index contributed by atoms with van der Waals surface area (Å²) >= 11 is 0. The van der Waals surface area contributed by atoms with Gasteiger partial charge in [0, 0.05) is 23.4 Å². The van der Waals surface area contributed by atoms with E-state index in [-0.39, 0.29) is 5.91 Å². The molecule has 2 aromatic carbocycles. The number of rotatable bonds is 5. The zero-order valence-electron chi connectivity index (χ0n) is 14.6. The number of tetrazole rings is 1. The highest BCUT2D eigenvalue weighted by Gasteiger charge is 2.12. The van der Waals surface area contributed by atoms with Gasteiger partial charge in [0.1, 0.15) is 0 Å². The van der Waals surface area contributed by atoms with Crippen molar-refractivity contribution in [2.45, 2.75) is 33.2 Å². The summed E-state index contributed by atoms with van der Waals surface area (Å²) in [6, 6.07) is 15.2. The van der Waals surface area contributed by atoms with Crippen LogP contribution >= 0.6 is 0 Å². The van der Waals surface area contributed by atoms with Crippen molar-refractivity contribution in [3.8, 4) is 11.4 Å². The molecule has 0 aliphatic carbocycles. The monoisotopic (exact) mass is 335 g/mol. The second-order valence-corrected chi connectivity index (χ2v) is 6.13. The average Bonchev–Trinajstić information content (AvgIpc) is 3.11. The molecule has 0 saturated heterocycles. The van der Waals surface area contributed by atoms with Crippen LogP contribution in [-0.2, 0) is 6.54 Å². The SMILES string of the molecule is CCn1nnnc1-c1cccc(C(=O)Nc2ccc(C(C)C)cc2)c1. The van der Waals surface area contributed by atoms with Gasteiger partial charge >= 0.3 is 0 Å². The van der Waals surface area contributed by atoms with Gasteiger partial charge in [0.25, 0.3) is 5.91 Å². The number of aryl methyl sites for hydroxylation is 1. The standard InChI is InChI=1S/C19H21N5O/c1-4-24-18(21-22-23-24)15-6-5-7-16(12-15)19(25)20-17-10-8-14(9-11-17)13(2)3/h5-13H,4H2,1-3H3,(H,20,25). The van der Waals surface area contributed by atoms with Crippen LogP contribution in [0.25, 0.3) is 11.4 Å². The molecule has 0 saturated carbocycles. The van der Waals surface area contributed by atoms with Crippen LogP contribution in [0.5, 0.6) is 0 Å². The lowest BCUT2D eigenvalue weighted by molar-refractivity contribution is 0.102. The lowest BCUT2D eigenvalue weighted by Crippen LogP contribution is -2.12. The minimum atomic E-state index is -0.158. The van der Waals surface area contributed by atoms with Crippen LogP contribution in [0.3, 0.4) is 0 Å². The molecule has 128 valence electrons. The second-order valence-electron chi connectivity index (χ2n) is 6.13. The van der Waals surface area contributed by atoms with Crippen LogP contribution in [0.2, 0.25) is 0 Å². The van der Waals surface area contributed by atoms with E-state index >= 15 is 0 Å². The van der Waals surface area contributed by atoms with Crippen molar-refractivity contribution in [1.29, 1.82) is 0 Å². The van der Waals surface area contributed by atoms with E-state index in [0.29, 0.717) is 23.9 Å². The fourth-order valence-electron chi connectivity index (χ4n) is 2.58. The number of anilines is 1. The molecular weight excluding hydrogens is 314 g/mol. The van der Waals surface area contributed by atoms with E-state index in [1.165, 1.54) is 5.56 Å². The molecule has 0 fully saturated rings. The van der Waals surface area contributed by atoms with Gasteiger partial charge in [-0.05, 0) is 53.1 Å². The first-order valence-electron chi connectivity index (χ1n) is 8.36. The maximum absolute atomic E-state index is 12.5. The molecule has 0 bridgehead atoms. The first kappa shape index (κ1) is 16.8. The summed E-state index contributed by atoms with van der Waals surface area (Å²) in [6.07, 6.45) is 0. The Kier molecular flexibility index (Phi) is 4.88. The zero-order chi connectivity index (χ0) is 17.8. The van der Waals surface area contributed by atoms with E-state index in [0.717, 1.165) is 11.3 Å². The third-order valence-corrected chi connectivity index (χ3v) is 4.05. The van der Waals surface area contributed by atoms with Crippen molar-refractivity contribution in [3.63, 3.8) is 0 Å². The molecule has 0 aliphatic heterocycles. The smallest absolute Gasteiger partial charge is 0.255 e. The molecule has 1 aromatic heterocycles. The Labute approximate surface area is 146 Å². The van der Waals surface area contributed by atoms with Crippen molar-refractivity contribution in [2.75, 3.05) is 5.32 Å². The van der Waals surface area contributed by atoms with E-state index in [1.54, 1.807) is 16.8 Å². The van der Waals surface area contributed by atoms with Gasteiger partial charge in [-0.25, -0.2) is 4.68 Å². The van der Waals surface area contributed by atoms with Gasteiger partial charge in [-0.15, -0.1) is 5.10 Å². The van der Waals surface area contributed by atoms with Gasteiger partial charge in [0.15, 0.2) is 5.82 Å². The van der Waals surface area contributed by atoms with Crippen molar-refractivity contribution in [1.82, 2.24) is 20.2 Å². The van der Waals surface area contributed by atoms with Crippen molar-refractivity contribution < 1.29 is 4.79 Å². The minimum absolute atomic E-state index is 0.158. The lowest BCUT2D eigenvalue weighted by atomic mass is 10.0. The van der Waals surface area contributed by atoms with Gasteiger partial charge in [-0.3, -0.25) is 4.79 Å². The molecule has 6 nitrogen and oxygen atoms in total. The molecular formula is C19H21N5O. The molecule has 0 atom stereocenters. The molecule has 0 aliphatic rings. The molecule has 1 amide bonds. The zero-order valence-corrected chi connectivity index (χ0v) is 14.6. The predicted octanol–water partition coefficient (Wildman–Crippen LogP) is 3.74. The fraction of sp³-hybridized carbons (Fsp3) is 0.263. The first-order valence-corrected chi connectivity index (χ1v) is 8.36. The summed E-state index contributed by atoms with van der Waals surface area (Å²) in [6.45, 7) is 6.92. The number of benzene rings is 2. The van der Waals surface area contributed by atoms with Crippen LogP contribution in [0, 0.1) is 0 Å². The average molecular weight is 335 g/mol. The quantitative estimate of drug-likeness (QED) is 0.771. The summed E-state index contributed by atoms with van der Waals surface area (Å²) in [5.41, 5.74) is 3.40. The van der Waals surface area contributed by atoms with Crippen molar-refractivity contribution >= 4 is 11.6 Å². The highest BCUT2D eigenvalue weighted by molar-refractivity contribution is 6.04. The Morgan fingerprint density at radius 2 is 1.92 bits per heavy atom. The number of nitrogens with zero attached hydrogens (tertiary/aromatic N) is 4. The molecule has 3 aromatic rings. The summed E-state index contributed by atoms with van der Waals surface area (Å²) in [5.74, 6) is 0.957. The second kappa shape index (κ2) is 7.25. The largest absolute Gasteiger partial charge is 0.322 e. The number of hydrogen-bond donors (Lipinski definition) is 1. The molecule has 3 rings (SSSR count). The van der Waals surface area contributed by atoms with Crippen LogP contribution in [-0.4, -0.2) is 26.1 Å². The molecule has 0 spiro atoms. The normalized spacial score (nSPS) is 10.9. The van der Waals surface area contributed by atoms with Crippen LogP contribution in [0.1, 0.15) is 42.6 Å². The molecule has 0 unspecified atom stereocenters. The number of nitrogens with one attached hydrogen (secondary N) is 1. The molecule has 25 heavy (non-hydrogen) atoms. The fourth-order valence-corrected chi connectivity index (χ4v) is 2.58. The maximum atomic E-state index is 12.5. The van der Waals surface area contributed by atoms with Crippen molar-refractivity contribution in [3.05, 3.63) is 59.7 Å². The molecule has 1 N–H and O–H groups in total. The Morgan fingerprint density at radius 1 is 1.16 bits per heavy atom. The number of hydrogen-bond acceptors (Lipinski definition) is 4. The maximum Gasteiger partial charge on any atom is 0.255 e. The van der Waals surface area contributed by atoms with E-state index in [4.69, 9.17) is 0 Å². The molecule has 1 heterocycles. The summed E-state index contributed by atoms with van der Waals surface area (Å²) < 4.78 is 1.70. The van der Waals surface area contributed by atoms with Gasteiger partial charge in [-0.1, -0.05) is 38.1 Å². The van der Waals surface area contributed by atoms with Crippen LogP contribution in [0.4, 0.5) is 5.69 Å². The lowest BCUT2D eigenvalue weighted by Gasteiger charge is -2.09. The van der Waals surface area contributed by atoms with Gasteiger partial charge in [-0.2, -0.15) is 0 Å². The summed E-state index contributed by atoms with van der Waals surface area (Å²) in [4.78, 5) is 12.5. The Balaban J connectivity index is 1.80. The molecule has 6 heteroatoms. The third-order valence-electron chi connectivity index (χ3n) is 4.05. The van der Waals surface area contributed by atoms with Gasteiger partial charge in [0.05, 0.1) is 0 Å². The minimum Gasteiger partial charge on any atom is -0.322 e. The Hall–Kier alpha value is -3.02. The molecule has 0 radical (unpaired) electrons. The summed E-state index contributed by atoms with van der Waals surface area (Å²) in [7, 11) is 0. The Bertz CT molecular complexity index is 868. The number of carbonyl (C=O) groups is 1. The van der Waals surface area contributed by atoms with Crippen molar-refractivity contribution in [2.24, 2.45) is 0 Å². The highest BCUT2D eigenvalue weighted by Crippen LogP contribution is 2.20. The number of aromatic nitrogens is 4. The Morgan fingerprint density at radius 3 is 2.60 bits per heavy atom. The highest BCUT2D eigenvalue weighted by atomic mass is 16.1. The first-order chi connectivity index (χ1) is 12.1. The van der Waals surface area contributed by atoms with Gasteiger partial charge in [0.2, 0.25) is 0 Å². The third kappa shape index (κ3) is 3.74. The van der Waals surface area contributed by atoms with Crippen LogP contribution in [0.15, 0.2) is 48.5 Å². The van der Waals surface area contributed by atoms with Gasteiger partial charge < -0.3 is 5.32 Å². The number of carbonyl (C=O) groups excluding carboxylic acids is 1. The number of amides is 1. The topological polar surface area (TPSA) is 72.7 Å². The van der Waals surface area contributed by atoms with E-state index < -0.39 is 0 Å². The summed E-state index contributed by atoms with van der Waals surface area (Å²) in [5, 5.41) is 14.6. The van der Waals surface area contributed by atoms with E-state index in [2.05, 4.69) is 34.7 Å². The van der Waals surface area contributed by atoms with E-state index in [9.17, 15) is 4.79 Å². The van der Waals surface area contributed by atoms with E-state index in [1.807, 2.05) is 43.3 Å².